The van der Waals surface area contributed by atoms with Crippen molar-refractivity contribution in [2.75, 3.05) is 18.0 Å². The van der Waals surface area contributed by atoms with E-state index in [1.165, 1.54) is 4.90 Å². The van der Waals surface area contributed by atoms with Crippen LogP contribution in [-0.4, -0.2) is 63.2 Å². The summed E-state index contributed by atoms with van der Waals surface area (Å²) in [6.07, 6.45) is 5.12. The van der Waals surface area contributed by atoms with Crippen molar-refractivity contribution in [1.82, 2.24) is 20.0 Å². The fraction of sp³-hybridized carbons (Fsp3) is 0.419. The van der Waals surface area contributed by atoms with Gasteiger partial charge in [-0.15, -0.1) is 0 Å². The minimum atomic E-state index is -0.867. The van der Waals surface area contributed by atoms with Gasteiger partial charge in [0.25, 0.3) is 5.91 Å². The van der Waals surface area contributed by atoms with E-state index in [1.807, 2.05) is 51.2 Å². The Kier molecular flexibility index (Phi) is 6.52. The Balaban J connectivity index is 1.23. The van der Waals surface area contributed by atoms with Gasteiger partial charge in [-0.05, 0) is 55.8 Å². The van der Waals surface area contributed by atoms with Crippen LogP contribution in [0.1, 0.15) is 67.9 Å². The highest BCUT2D eigenvalue weighted by Gasteiger charge is 2.42. The number of piperidine rings is 2. The number of anilines is 1. The second-order valence-electron chi connectivity index (χ2n) is 12.2. The monoisotopic (exact) mass is 568 g/mol. The van der Waals surface area contributed by atoms with Crippen LogP contribution in [0, 0.1) is 11.3 Å². The fourth-order valence-electron chi connectivity index (χ4n) is 6.14. The van der Waals surface area contributed by atoms with Crippen LogP contribution in [0.2, 0.25) is 0 Å². The van der Waals surface area contributed by atoms with Crippen molar-refractivity contribution in [3.8, 4) is 6.07 Å². The minimum Gasteiger partial charge on any atom is -0.444 e. The first-order valence-electron chi connectivity index (χ1n) is 14.1. The molecule has 0 saturated carbocycles. The van der Waals surface area contributed by atoms with Crippen LogP contribution >= 0.6 is 0 Å². The molecule has 4 heterocycles. The molecule has 1 unspecified atom stereocenters. The van der Waals surface area contributed by atoms with Gasteiger partial charge in [-0.2, -0.15) is 10.4 Å². The molecular weight excluding hydrogens is 536 g/mol. The van der Waals surface area contributed by atoms with Gasteiger partial charge in [0.15, 0.2) is 5.54 Å². The van der Waals surface area contributed by atoms with E-state index in [0.717, 1.165) is 21.9 Å². The third-order valence-electron chi connectivity index (χ3n) is 8.26. The van der Waals surface area contributed by atoms with Gasteiger partial charge in [0.2, 0.25) is 11.8 Å². The molecule has 3 aliphatic rings. The lowest BCUT2D eigenvalue weighted by Crippen LogP contribution is -2.53. The summed E-state index contributed by atoms with van der Waals surface area (Å²) in [5.41, 5.74) is 1.64. The number of imide groups is 1. The van der Waals surface area contributed by atoms with E-state index in [9.17, 15) is 24.4 Å². The zero-order chi connectivity index (χ0) is 29.8. The van der Waals surface area contributed by atoms with Crippen LogP contribution in [0.3, 0.4) is 0 Å². The molecule has 0 spiro atoms. The van der Waals surface area contributed by atoms with Crippen LogP contribution in [0.5, 0.6) is 0 Å². The summed E-state index contributed by atoms with van der Waals surface area (Å²) in [5, 5.41) is 18.8. The topological polar surface area (TPSA) is 138 Å². The molecule has 2 fully saturated rings. The lowest BCUT2D eigenvalue weighted by Gasteiger charge is -2.37. The van der Waals surface area contributed by atoms with Crippen molar-refractivity contribution in [2.24, 2.45) is 0 Å². The summed E-state index contributed by atoms with van der Waals surface area (Å²) in [6.45, 7) is 6.27. The molecular formula is C31H32N6O5. The summed E-state index contributed by atoms with van der Waals surface area (Å²) >= 11 is 0. The highest BCUT2D eigenvalue weighted by Crippen LogP contribution is 2.41. The Hall–Kier alpha value is -4.72. The normalized spacial score (nSPS) is 20.0. The van der Waals surface area contributed by atoms with E-state index in [4.69, 9.17) is 4.74 Å². The number of benzene rings is 2. The van der Waals surface area contributed by atoms with Gasteiger partial charge in [0.1, 0.15) is 11.6 Å². The van der Waals surface area contributed by atoms with Crippen molar-refractivity contribution in [1.29, 1.82) is 5.26 Å². The molecule has 0 bridgehead atoms. The molecule has 1 N–H and O–H groups in total. The Morgan fingerprint density at radius 1 is 1.17 bits per heavy atom. The number of likely N-dealkylation sites (tertiary alicyclic amines) is 1. The van der Waals surface area contributed by atoms with Gasteiger partial charge in [0, 0.05) is 55.9 Å². The Labute approximate surface area is 243 Å². The molecule has 2 aromatic carbocycles. The van der Waals surface area contributed by atoms with Crippen molar-refractivity contribution in [2.45, 2.75) is 70.1 Å². The number of rotatable bonds is 4. The third kappa shape index (κ3) is 4.66. The number of aromatic nitrogens is 2. The quantitative estimate of drug-likeness (QED) is 0.474. The highest BCUT2D eigenvalue weighted by atomic mass is 16.6. The molecule has 42 heavy (non-hydrogen) atoms. The summed E-state index contributed by atoms with van der Waals surface area (Å²) < 4.78 is 7.20. The molecule has 11 heteroatoms. The average molecular weight is 569 g/mol. The maximum Gasteiger partial charge on any atom is 0.410 e. The number of hydrogen-bond donors (Lipinski definition) is 1. The molecule has 0 radical (unpaired) electrons. The molecule has 4 amide bonds. The van der Waals surface area contributed by atoms with Crippen LogP contribution in [-0.2, 0) is 26.3 Å². The molecule has 3 aromatic rings. The van der Waals surface area contributed by atoms with Gasteiger partial charge in [-0.1, -0.05) is 18.2 Å². The van der Waals surface area contributed by atoms with Gasteiger partial charge < -0.3 is 9.64 Å². The summed E-state index contributed by atoms with van der Waals surface area (Å²) in [6, 6.07) is 11.1. The smallest absolute Gasteiger partial charge is 0.410 e. The van der Waals surface area contributed by atoms with E-state index in [-0.39, 0.29) is 30.7 Å². The number of nitrogens with one attached hydrogen (secondary N) is 1. The van der Waals surface area contributed by atoms with Gasteiger partial charge >= 0.3 is 6.09 Å². The van der Waals surface area contributed by atoms with Crippen molar-refractivity contribution < 1.29 is 23.9 Å². The van der Waals surface area contributed by atoms with Crippen molar-refractivity contribution >= 4 is 40.3 Å². The maximum atomic E-state index is 13.4. The first-order valence-corrected chi connectivity index (χ1v) is 14.1. The SMILES string of the molecule is CC(C)(C)OC(=O)N1CCC(C#N)(n2cc(Cc3ccc4c5c(cccc35)C(=O)N4C3CCC(=O)NC3=O)cn2)CC1. The number of ether oxygens (including phenoxy) is 1. The molecule has 216 valence electrons. The van der Waals surface area contributed by atoms with Gasteiger partial charge in [-0.3, -0.25) is 29.3 Å². The van der Waals surface area contributed by atoms with E-state index in [2.05, 4.69) is 16.5 Å². The van der Waals surface area contributed by atoms with Crippen LogP contribution < -0.4 is 10.2 Å². The standard InChI is InChI=1S/C31H32N6O5/c1-30(2,3)42-29(41)35-13-11-31(18-32,12-14-35)36-17-19(16-33-36)15-20-7-8-23-26-21(20)5-4-6-22(26)28(40)37(23)24-9-10-25(38)34-27(24)39/h4-8,16-17,24H,9-15H2,1-3H3,(H,34,38,39). The third-order valence-corrected chi connectivity index (χ3v) is 8.26. The number of nitriles is 1. The number of nitrogens with zero attached hydrogens (tertiary/aromatic N) is 5. The maximum absolute atomic E-state index is 13.4. The highest BCUT2D eigenvalue weighted by molar-refractivity contribution is 6.27. The van der Waals surface area contributed by atoms with Gasteiger partial charge in [0.05, 0.1) is 18.0 Å². The first kappa shape index (κ1) is 27.4. The van der Waals surface area contributed by atoms with Crippen LogP contribution in [0.25, 0.3) is 10.8 Å². The molecule has 1 atom stereocenters. The molecule has 0 aliphatic carbocycles. The first-order chi connectivity index (χ1) is 20.0. The molecule has 2 saturated heterocycles. The van der Waals surface area contributed by atoms with Crippen LogP contribution in [0.4, 0.5) is 10.5 Å². The number of carbonyl (C=O) groups excluding carboxylic acids is 4. The van der Waals surface area contributed by atoms with Crippen molar-refractivity contribution in [3.05, 3.63) is 59.4 Å². The Bertz CT molecular complexity index is 1670. The predicted molar refractivity (Wildman–Crippen MR) is 153 cm³/mol. The number of hydrogen-bond acceptors (Lipinski definition) is 7. The molecule has 6 rings (SSSR count). The number of carbonyl (C=O) groups is 4. The number of amides is 4. The lowest BCUT2D eigenvalue weighted by molar-refractivity contribution is -0.134. The van der Waals surface area contributed by atoms with E-state index >= 15 is 0 Å². The molecule has 11 nitrogen and oxygen atoms in total. The van der Waals surface area contributed by atoms with E-state index < -0.39 is 23.1 Å². The average Bonchev–Trinajstić information content (AvgIpc) is 3.53. The minimum absolute atomic E-state index is 0.185. The fourth-order valence-corrected chi connectivity index (χ4v) is 6.14. The zero-order valence-corrected chi connectivity index (χ0v) is 23.8. The Morgan fingerprint density at radius 3 is 2.62 bits per heavy atom. The zero-order valence-electron chi connectivity index (χ0n) is 23.8. The molecule has 3 aliphatic heterocycles. The van der Waals surface area contributed by atoms with E-state index in [1.54, 1.807) is 21.8 Å². The van der Waals surface area contributed by atoms with Gasteiger partial charge in [-0.25, -0.2) is 4.79 Å². The second-order valence-corrected chi connectivity index (χ2v) is 12.2. The Morgan fingerprint density at radius 2 is 1.93 bits per heavy atom. The van der Waals surface area contributed by atoms with E-state index in [0.29, 0.717) is 43.6 Å². The van der Waals surface area contributed by atoms with Crippen LogP contribution in [0.15, 0.2) is 42.7 Å². The lowest BCUT2D eigenvalue weighted by atomic mass is 9.89. The summed E-state index contributed by atoms with van der Waals surface area (Å²) in [7, 11) is 0. The summed E-state index contributed by atoms with van der Waals surface area (Å²) in [5.74, 6) is -1.03. The molecule has 1 aromatic heterocycles. The summed E-state index contributed by atoms with van der Waals surface area (Å²) in [4.78, 5) is 53.4. The second kappa shape index (κ2) is 9.98. The van der Waals surface area contributed by atoms with Crippen molar-refractivity contribution in [3.63, 3.8) is 0 Å². The predicted octanol–water partition coefficient (Wildman–Crippen LogP) is 3.64. The largest absolute Gasteiger partial charge is 0.444 e.